The van der Waals surface area contributed by atoms with E-state index in [2.05, 4.69) is 5.16 Å². The van der Waals surface area contributed by atoms with Gasteiger partial charge in [-0.15, -0.1) is 0 Å². The van der Waals surface area contributed by atoms with Crippen molar-refractivity contribution in [3.05, 3.63) is 29.5 Å². The van der Waals surface area contributed by atoms with Crippen LogP contribution in [-0.4, -0.2) is 29.9 Å². The first-order valence-corrected chi connectivity index (χ1v) is 5.73. The van der Waals surface area contributed by atoms with Crippen molar-refractivity contribution in [3.8, 4) is 22.8 Å². The Morgan fingerprint density at radius 2 is 2.26 bits per heavy atom. The Bertz CT molecular complexity index is 646. The molecule has 2 heterocycles. The lowest BCUT2D eigenvalue weighted by atomic mass is 10.1. The van der Waals surface area contributed by atoms with Crippen molar-refractivity contribution in [2.75, 3.05) is 13.7 Å². The molecule has 6 heteroatoms. The van der Waals surface area contributed by atoms with Gasteiger partial charge in [-0.3, -0.25) is 0 Å². The summed E-state index contributed by atoms with van der Waals surface area (Å²) in [6.07, 6.45) is 0.836. The zero-order valence-corrected chi connectivity index (χ0v) is 10.2. The molecule has 1 N–H and O–H groups in total. The van der Waals surface area contributed by atoms with Crippen LogP contribution in [0.15, 0.2) is 22.7 Å². The second-order valence-corrected chi connectivity index (χ2v) is 4.14. The van der Waals surface area contributed by atoms with Crippen molar-refractivity contribution in [2.24, 2.45) is 0 Å². The van der Waals surface area contributed by atoms with Gasteiger partial charge in [0.2, 0.25) is 0 Å². The highest BCUT2D eigenvalue weighted by Gasteiger charge is 2.21. The summed E-state index contributed by atoms with van der Waals surface area (Å²) in [5.74, 6) is 0.584. The summed E-state index contributed by atoms with van der Waals surface area (Å²) in [6.45, 7) is 0.638. The van der Waals surface area contributed by atoms with Crippen LogP contribution in [-0.2, 0) is 6.42 Å². The number of aromatic carboxylic acids is 1. The van der Waals surface area contributed by atoms with Crippen molar-refractivity contribution in [1.29, 1.82) is 0 Å². The Morgan fingerprint density at radius 1 is 1.42 bits per heavy atom. The van der Waals surface area contributed by atoms with Gasteiger partial charge in [0.15, 0.2) is 11.5 Å². The van der Waals surface area contributed by atoms with Gasteiger partial charge in [-0.2, -0.15) is 0 Å². The minimum Gasteiger partial charge on any atom is -0.496 e. The number of carboxylic acid groups (broad SMARTS) is 1. The molecule has 0 bridgehead atoms. The fraction of sp³-hybridized carbons (Fsp3) is 0.231. The minimum absolute atomic E-state index is 0.140. The Kier molecular flexibility index (Phi) is 2.63. The molecular formula is C13H11NO5. The maximum absolute atomic E-state index is 10.8. The highest BCUT2D eigenvalue weighted by molar-refractivity contribution is 5.87. The summed E-state index contributed by atoms with van der Waals surface area (Å²) in [7, 11) is 1.55. The van der Waals surface area contributed by atoms with E-state index in [0.29, 0.717) is 23.7 Å². The normalized spacial score (nSPS) is 12.9. The maximum atomic E-state index is 10.8. The Hall–Kier alpha value is -2.50. The van der Waals surface area contributed by atoms with Crippen LogP contribution in [0.1, 0.15) is 16.1 Å². The van der Waals surface area contributed by atoms with Gasteiger partial charge in [-0.25, -0.2) is 4.79 Å². The van der Waals surface area contributed by atoms with E-state index >= 15 is 0 Å². The van der Waals surface area contributed by atoms with Crippen LogP contribution in [0.4, 0.5) is 0 Å². The van der Waals surface area contributed by atoms with E-state index in [1.54, 1.807) is 13.2 Å². The van der Waals surface area contributed by atoms with E-state index in [4.69, 9.17) is 19.1 Å². The molecule has 19 heavy (non-hydrogen) atoms. The van der Waals surface area contributed by atoms with Crippen LogP contribution in [0.25, 0.3) is 11.3 Å². The number of nitrogens with zero attached hydrogens (tertiary/aromatic N) is 1. The monoisotopic (exact) mass is 261 g/mol. The fourth-order valence-corrected chi connectivity index (χ4v) is 2.07. The lowest BCUT2D eigenvalue weighted by molar-refractivity contribution is 0.0686. The lowest BCUT2D eigenvalue weighted by Gasteiger charge is -2.08. The van der Waals surface area contributed by atoms with E-state index in [0.717, 1.165) is 17.7 Å². The molecule has 0 saturated carbocycles. The predicted molar refractivity (Wildman–Crippen MR) is 64.6 cm³/mol. The number of rotatable bonds is 3. The zero-order chi connectivity index (χ0) is 13.4. The highest BCUT2D eigenvalue weighted by Crippen LogP contribution is 2.38. The molecule has 1 aromatic heterocycles. The summed E-state index contributed by atoms with van der Waals surface area (Å²) in [6, 6.07) is 5.02. The SMILES string of the molecule is COc1cc2c(cc1-c1cc(C(=O)O)no1)OCC2. The predicted octanol–water partition coefficient (Wildman–Crippen LogP) is 1.98. The van der Waals surface area contributed by atoms with Crippen molar-refractivity contribution in [1.82, 2.24) is 5.16 Å². The molecule has 1 aliphatic heterocycles. The first-order valence-electron chi connectivity index (χ1n) is 5.73. The van der Waals surface area contributed by atoms with E-state index in [-0.39, 0.29) is 5.69 Å². The van der Waals surface area contributed by atoms with Gasteiger partial charge in [-0.1, -0.05) is 5.16 Å². The summed E-state index contributed by atoms with van der Waals surface area (Å²) in [5.41, 5.74) is 1.56. The molecule has 1 aliphatic rings. The van der Waals surface area contributed by atoms with E-state index in [1.165, 1.54) is 6.07 Å². The number of aromatic nitrogens is 1. The lowest BCUT2D eigenvalue weighted by Crippen LogP contribution is -1.94. The number of methoxy groups -OCH3 is 1. The average Bonchev–Trinajstić information content (AvgIpc) is 3.05. The maximum Gasteiger partial charge on any atom is 0.358 e. The quantitative estimate of drug-likeness (QED) is 0.909. The standard InChI is InChI=1S/C13H11NO5/c1-17-11-4-7-2-3-18-10(7)5-8(11)12-6-9(13(15)16)14-19-12/h4-6H,2-3H2,1H3,(H,15,16). The van der Waals surface area contributed by atoms with Gasteiger partial charge in [0.1, 0.15) is 11.5 Å². The number of carboxylic acids is 1. The molecule has 98 valence electrons. The summed E-state index contributed by atoms with van der Waals surface area (Å²) < 4.78 is 15.8. The van der Waals surface area contributed by atoms with Crippen molar-refractivity contribution >= 4 is 5.97 Å². The summed E-state index contributed by atoms with van der Waals surface area (Å²) in [4.78, 5) is 10.8. The Morgan fingerprint density at radius 3 is 2.95 bits per heavy atom. The van der Waals surface area contributed by atoms with Crippen LogP contribution in [0.2, 0.25) is 0 Å². The zero-order valence-electron chi connectivity index (χ0n) is 10.2. The van der Waals surface area contributed by atoms with E-state index in [1.807, 2.05) is 6.07 Å². The smallest absolute Gasteiger partial charge is 0.358 e. The molecule has 1 aromatic carbocycles. The van der Waals surface area contributed by atoms with E-state index in [9.17, 15) is 4.79 Å². The highest BCUT2D eigenvalue weighted by atomic mass is 16.5. The first-order chi connectivity index (χ1) is 9.19. The average molecular weight is 261 g/mol. The largest absolute Gasteiger partial charge is 0.496 e. The van der Waals surface area contributed by atoms with Crippen molar-refractivity contribution in [3.63, 3.8) is 0 Å². The third-order valence-electron chi connectivity index (χ3n) is 3.01. The van der Waals surface area contributed by atoms with Gasteiger partial charge < -0.3 is 19.1 Å². The molecular weight excluding hydrogens is 250 g/mol. The molecule has 0 spiro atoms. The number of fused-ring (bicyclic) bond motifs is 1. The molecule has 0 fully saturated rings. The second kappa shape index (κ2) is 4.31. The van der Waals surface area contributed by atoms with Crippen molar-refractivity contribution < 1.29 is 23.9 Å². The number of ether oxygens (including phenoxy) is 2. The Balaban J connectivity index is 2.10. The molecule has 0 radical (unpaired) electrons. The molecule has 0 unspecified atom stereocenters. The molecule has 0 amide bonds. The second-order valence-electron chi connectivity index (χ2n) is 4.14. The summed E-state index contributed by atoms with van der Waals surface area (Å²) in [5, 5.41) is 12.3. The van der Waals surface area contributed by atoms with Gasteiger partial charge in [0, 0.05) is 18.1 Å². The number of carbonyl (C=O) groups is 1. The molecule has 0 atom stereocenters. The van der Waals surface area contributed by atoms with Crippen LogP contribution in [0.5, 0.6) is 11.5 Å². The number of hydrogen-bond donors (Lipinski definition) is 1. The van der Waals surface area contributed by atoms with Crippen LogP contribution < -0.4 is 9.47 Å². The topological polar surface area (TPSA) is 81.8 Å². The first kappa shape index (κ1) is 11.6. The third kappa shape index (κ3) is 1.91. The molecule has 6 nitrogen and oxygen atoms in total. The Labute approximate surface area is 108 Å². The van der Waals surface area contributed by atoms with Gasteiger partial charge in [0.05, 0.1) is 19.3 Å². The minimum atomic E-state index is -1.13. The fourth-order valence-electron chi connectivity index (χ4n) is 2.07. The summed E-state index contributed by atoms with van der Waals surface area (Å²) >= 11 is 0. The molecule has 0 aliphatic carbocycles. The number of hydrogen-bond acceptors (Lipinski definition) is 5. The van der Waals surface area contributed by atoms with Crippen molar-refractivity contribution in [2.45, 2.75) is 6.42 Å². The van der Waals surface area contributed by atoms with Gasteiger partial charge >= 0.3 is 5.97 Å². The molecule has 3 rings (SSSR count). The van der Waals surface area contributed by atoms with Gasteiger partial charge in [0.25, 0.3) is 0 Å². The third-order valence-corrected chi connectivity index (χ3v) is 3.01. The van der Waals surface area contributed by atoms with Crippen LogP contribution >= 0.6 is 0 Å². The number of benzene rings is 1. The van der Waals surface area contributed by atoms with E-state index < -0.39 is 5.97 Å². The molecule has 2 aromatic rings. The molecule has 0 saturated heterocycles. The van der Waals surface area contributed by atoms with Gasteiger partial charge in [-0.05, 0) is 12.1 Å². The van der Waals surface area contributed by atoms with Crippen LogP contribution in [0, 0.1) is 0 Å². The van der Waals surface area contributed by atoms with Crippen LogP contribution in [0.3, 0.4) is 0 Å².